The molecule has 0 radical (unpaired) electrons. The molecule has 2 aromatic rings. The molecule has 0 spiro atoms. The van der Waals surface area contributed by atoms with E-state index < -0.39 is 0 Å². The van der Waals surface area contributed by atoms with Gasteiger partial charge in [-0.15, -0.1) is 0 Å². The maximum atomic E-state index is 6.37. The summed E-state index contributed by atoms with van der Waals surface area (Å²) in [5.74, 6) is 2.39. The summed E-state index contributed by atoms with van der Waals surface area (Å²) in [6.07, 6.45) is 0. The molecule has 2 atom stereocenters. The van der Waals surface area contributed by atoms with E-state index in [0.717, 1.165) is 30.9 Å². The van der Waals surface area contributed by atoms with Gasteiger partial charge < -0.3 is 15.2 Å². The van der Waals surface area contributed by atoms with Gasteiger partial charge in [-0.3, -0.25) is 4.90 Å². The van der Waals surface area contributed by atoms with E-state index >= 15 is 0 Å². The van der Waals surface area contributed by atoms with Gasteiger partial charge >= 0.3 is 0 Å². The molecule has 0 aromatic heterocycles. The molecule has 5 heteroatoms. The number of halogens is 1. The second kappa shape index (κ2) is 7.24. The molecule has 0 bridgehead atoms. The van der Waals surface area contributed by atoms with Crippen LogP contribution in [-0.4, -0.2) is 37.7 Å². The average Bonchev–Trinajstić information content (AvgIpc) is 3.05. The lowest BCUT2D eigenvalue weighted by molar-refractivity contribution is 0.171. The van der Waals surface area contributed by atoms with Crippen LogP contribution in [0.3, 0.4) is 0 Å². The largest absolute Gasteiger partial charge is 0.486 e. The summed E-state index contributed by atoms with van der Waals surface area (Å²) in [4.78, 5) is 2.46. The van der Waals surface area contributed by atoms with Gasteiger partial charge in [-0.05, 0) is 35.7 Å². The number of rotatable bonds is 4. The summed E-state index contributed by atoms with van der Waals surface area (Å²) in [6, 6.07) is 14.7. The first-order chi connectivity index (χ1) is 12.2. The molecular formula is C20H23ClN2O2. The van der Waals surface area contributed by atoms with E-state index in [1.54, 1.807) is 0 Å². The van der Waals surface area contributed by atoms with Crippen molar-refractivity contribution in [1.82, 2.24) is 4.90 Å². The fourth-order valence-electron chi connectivity index (χ4n) is 3.92. The summed E-state index contributed by atoms with van der Waals surface area (Å²) in [7, 11) is 0. The van der Waals surface area contributed by atoms with E-state index in [0.29, 0.717) is 42.4 Å². The molecule has 2 heterocycles. The predicted octanol–water partition coefficient (Wildman–Crippen LogP) is 3.29. The SMILES string of the molecule is NC[C@@H]1CN(Cc2cc(Cl)c3c(c2)OCCO3)C[C@H]1c1ccccc1. The highest BCUT2D eigenvalue weighted by molar-refractivity contribution is 6.32. The smallest absolute Gasteiger partial charge is 0.179 e. The summed E-state index contributed by atoms with van der Waals surface area (Å²) in [6.45, 7) is 4.69. The van der Waals surface area contributed by atoms with Crippen molar-refractivity contribution in [2.75, 3.05) is 32.8 Å². The Hall–Kier alpha value is -1.75. The van der Waals surface area contributed by atoms with Crippen molar-refractivity contribution in [1.29, 1.82) is 0 Å². The molecule has 4 rings (SSSR count). The van der Waals surface area contributed by atoms with Gasteiger partial charge in [0.15, 0.2) is 11.5 Å². The Morgan fingerprint density at radius 2 is 1.88 bits per heavy atom. The maximum absolute atomic E-state index is 6.37. The minimum Gasteiger partial charge on any atom is -0.486 e. The molecule has 2 aliphatic heterocycles. The lowest BCUT2D eigenvalue weighted by Crippen LogP contribution is -2.23. The fourth-order valence-corrected chi connectivity index (χ4v) is 4.21. The molecule has 4 nitrogen and oxygen atoms in total. The standard InChI is InChI=1S/C20H23ClN2O2/c21-18-8-14(9-19-20(18)25-7-6-24-19)11-23-12-16(10-22)17(13-23)15-4-2-1-3-5-15/h1-5,8-9,16-17H,6-7,10-13,22H2/t16-,17+/m1/s1. The van der Waals surface area contributed by atoms with Crippen molar-refractivity contribution >= 4 is 11.6 Å². The zero-order chi connectivity index (χ0) is 17.2. The van der Waals surface area contributed by atoms with Crippen molar-refractivity contribution in [2.24, 2.45) is 11.7 Å². The number of ether oxygens (including phenoxy) is 2. The second-order valence-corrected chi connectivity index (χ2v) is 7.22. The predicted molar refractivity (Wildman–Crippen MR) is 99.4 cm³/mol. The third kappa shape index (κ3) is 3.47. The van der Waals surface area contributed by atoms with E-state index in [9.17, 15) is 0 Å². The highest BCUT2D eigenvalue weighted by atomic mass is 35.5. The van der Waals surface area contributed by atoms with Crippen LogP contribution in [-0.2, 0) is 6.54 Å². The first-order valence-electron chi connectivity index (χ1n) is 8.80. The van der Waals surface area contributed by atoms with Gasteiger partial charge in [0.2, 0.25) is 0 Å². The van der Waals surface area contributed by atoms with E-state index in [1.165, 1.54) is 5.56 Å². The highest BCUT2D eigenvalue weighted by Crippen LogP contribution is 2.39. The van der Waals surface area contributed by atoms with Crippen LogP contribution in [0.15, 0.2) is 42.5 Å². The third-order valence-electron chi connectivity index (χ3n) is 5.11. The quantitative estimate of drug-likeness (QED) is 0.911. The number of hydrogen-bond acceptors (Lipinski definition) is 4. The lowest BCUT2D eigenvalue weighted by atomic mass is 9.89. The highest BCUT2D eigenvalue weighted by Gasteiger charge is 2.33. The van der Waals surface area contributed by atoms with Crippen LogP contribution in [0, 0.1) is 5.92 Å². The average molecular weight is 359 g/mol. The summed E-state index contributed by atoms with van der Waals surface area (Å²) in [5, 5.41) is 0.626. The molecule has 0 amide bonds. The monoisotopic (exact) mass is 358 g/mol. The molecule has 2 N–H and O–H groups in total. The minimum atomic E-state index is 0.482. The number of hydrogen-bond donors (Lipinski definition) is 1. The lowest BCUT2D eigenvalue weighted by Gasteiger charge is -2.22. The van der Waals surface area contributed by atoms with Crippen LogP contribution in [0.4, 0.5) is 0 Å². The van der Waals surface area contributed by atoms with Gasteiger partial charge in [0.25, 0.3) is 0 Å². The van der Waals surface area contributed by atoms with Crippen LogP contribution in [0.1, 0.15) is 17.0 Å². The second-order valence-electron chi connectivity index (χ2n) is 6.81. The van der Waals surface area contributed by atoms with Gasteiger partial charge in [-0.2, -0.15) is 0 Å². The topological polar surface area (TPSA) is 47.7 Å². The summed E-state index contributed by atoms with van der Waals surface area (Å²) in [5.41, 5.74) is 8.58. The van der Waals surface area contributed by atoms with Gasteiger partial charge in [0.05, 0.1) is 5.02 Å². The van der Waals surface area contributed by atoms with Crippen molar-refractivity contribution in [3.63, 3.8) is 0 Å². The van der Waals surface area contributed by atoms with Crippen LogP contribution in [0.2, 0.25) is 5.02 Å². The number of fused-ring (bicyclic) bond motifs is 1. The zero-order valence-electron chi connectivity index (χ0n) is 14.2. The Balaban J connectivity index is 1.51. The van der Waals surface area contributed by atoms with E-state index in [-0.39, 0.29) is 0 Å². The van der Waals surface area contributed by atoms with Crippen molar-refractivity contribution in [3.05, 3.63) is 58.6 Å². The van der Waals surface area contributed by atoms with E-state index in [2.05, 4.69) is 35.2 Å². The minimum absolute atomic E-state index is 0.482. The van der Waals surface area contributed by atoms with Crippen LogP contribution >= 0.6 is 11.6 Å². The van der Waals surface area contributed by atoms with Crippen molar-refractivity contribution in [3.8, 4) is 11.5 Å². The molecule has 2 aromatic carbocycles. The Kier molecular flexibility index (Phi) is 4.84. The van der Waals surface area contributed by atoms with Gasteiger partial charge in [0, 0.05) is 25.6 Å². The van der Waals surface area contributed by atoms with Gasteiger partial charge in [0.1, 0.15) is 13.2 Å². The molecule has 0 aliphatic carbocycles. The summed E-state index contributed by atoms with van der Waals surface area (Å²) >= 11 is 6.37. The van der Waals surface area contributed by atoms with Gasteiger partial charge in [-0.25, -0.2) is 0 Å². The Morgan fingerprint density at radius 3 is 2.68 bits per heavy atom. The Labute approximate surface area is 153 Å². The molecule has 25 heavy (non-hydrogen) atoms. The maximum Gasteiger partial charge on any atom is 0.179 e. The van der Waals surface area contributed by atoms with Crippen molar-refractivity contribution in [2.45, 2.75) is 12.5 Å². The molecule has 1 fully saturated rings. The number of benzene rings is 2. The number of likely N-dealkylation sites (tertiary alicyclic amines) is 1. The summed E-state index contributed by atoms with van der Waals surface area (Å²) < 4.78 is 11.3. The van der Waals surface area contributed by atoms with E-state index in [1.807, 2.05) is 12.1 Å². The molecule has 2 aliphatic rings. The van der Waals surface area contributed by atoms with Crippen LogP contribution in [0.5, 0.6) is 11.5 Å². The molecular weight excluding hydrogens is 336 g/mol. The van der Waals surface area contributed by atoms with Crippen LogP contribution < -0.4 is 15.2 Å². The number of nitrogens with two attached hydrogens (primary N) is 1. The fraction of sp³-hybridized carbons (Fsp3) is 0.400. The molecule has 132 valence electrons. The molecule has 0 unspecified atom stereocenters. The zero-order valence-corrected chi connectivity index (χ0v) is 14.9. The Morgan fingerprint density at radius 1 is 1.08 bits per heavy atom. The van der Waals surface area contributed by atoms with Crippen molar-refractivity contribution < 1.29 is 9.47 Å². The normalized spacial score (nSPS) is 23.0. The molecule has 0 saturated carbocycles. The Bertz CT molecular complexity index is 738. The number of nitrogens with zero attached hydrogens (tertiary/aromatic N) is 1. The first kappa shape index (κ1) is 16.7. The third-order valence-corrected chi connectivity index (χ3v) is 5.39. The first-order valence-corrected chi connectivity index (χ1v) is 9.18. The van der Waals surface area contributed by atoms with Gasteiger partial charge in [-0.1, -0.05) is 41.9 Å². The van der Waals surface area contributed by atoms with E-state index in [4.69, 9.17) is 26.8 Å². The molecule has 1 saturated heterocycles. The van der Waals surface area contributed by atoms with Crippen LogP contribution in [0.25, 0.3) is 0 Å².